The number of nitrogens with zero attached hydrogens (tertiary/aromatic N) is 2. The van der Waals surface area contributed by atoms with Crippen molar-refractivity contribution in [2.45, 2.75) is 74.1 Å². The molecule has 0 aromatic rings. The minimum absolute atomic E-state index is 0.473. The quantitative estimate of drug-likeness (QED) is 0.598. The van der Waals surface area contributed by atoms with Crippen LogP contribution in [0.1, 0.15) is 74.1 Å². The van der Waals surface area contributed by atoms with Crippen LogP contribution in [-0.2, 0) is 0 Å². The fourth-order valence-electron chi connectivity index (χ4n) is 3.66. The Kier molecular flexibility index (Phi) is 7.88. The molecule has 1 aliphatic rings. The Morgan fingerprint density at radius 2 is 1.64 bits per heavy atom. The average Bonchev–Trinajstić information content (AvgIpc) is 2.83. The maximum absolute atomic E-state index is 2.70. The van der Waals surface area contributed by atoms with Gasteiger partial charge in [-0.05, 0) is 75.2 Å². The third-order valence-electron chi connectivity index (χ3n) is 5.39. The fourth-order valence-corrected chi connectivity index (χ4v) is 3.66. The van der Waals surface area contributed by atoms with Gasteiger partial charge in [0.05, 0.1) is 0 Å². The van der Waals surface area contributed by atoms with Crippen LogP contribution >= 0.6 is 0 Å². The van der Waals surface area contributed by atoms with Crippen molar-refractivity contribution in [1.82, 2.24) is 9.80 Å². The van der Waals surface area contributed by atoms with E-state index in [2.05, 4.69) is 58.3 Å². The average molecular weight is 311 g/mol. The monoisotopic (exact) mass is 310 g/mol. The van der Waals surface area contributed by atoms with Crippen molar-refractivity contribution in [2.24, 2.45) is 16.7 Å². The summed E-state index contributed by atoms with van der Waals surface area (Å²) >= 11 is 0. The third-order valence-corrected chi connectivity index (χ3v) is 5.39. The van der Waals surface area contributed by atoms with E-state index in [-0.39, 0.29) is 0 Å². The van der Waals surface area contributed by atoms with E-state index in [0.717, 1.165) is 5.92 Å². The first-order valence-corrected chi connectivity index (χ1v) is 9.60. The van der Waals surface area contributed by atoms with Gasteiger partial charge in [0.15, 0.2) is 0 Å². The molecule has 0 saturated carbocycles. The zero-order chi connectivity index (χ0) is 16.8. The van der Waals surface area contributed by atoms with Gasteiger partial charge in [0.25, 0.3) is 0 Å². The van der Waals surface area contributed by atoms with Crippen molar-refractivity contribution >= 4 is 0 Å². The van der Waals surface area contributed by atoms with Crippen LogP contribution in [0.5, 0.6) is 0 Å². The lowest BCUT2D eigenvalue weighted by Crippen LogP contribution is -2.30. The molecule has 1 unspecified atom stereocenters. The summed E-state index contributed by atoms with van der Waals surface area (Å²) < 4.78 is 0. The van der Waals surface area contributed by atoms with Crippen molar-refractivity contribution in [3.05, 3.63) is 0 Å². The summed E-state index contributed by atoms with van der Waals surface area (Å²) in [5.74, 6) is 0.923. The summed E-state index contributed by atoms with van der Waals surface area (Å²) in [7, 11) is 0. The molecular weight excluding hydrogens is 268 g/mol. The molecule has 22 heavy (non-hydrogen) atoms. The van der Waals surface area contributed by atoms with Gasteiger partial charge in [0.2, 0.25) is 0 Å². The lowest BCUT2D eigenvalue weighted by molar-refractivity contribution is 0.192. The summed E-state index contributed by atoms with van der Waals surface area (Å²) in [4.78, 5) is 5.27. The normalized spacial score (nSPS) is 21.0. The van der Waals surface area contributed by atoms with Crippen LogP contribution in [0.3, 0.4) is 0 Å². The number of hydrogen-bond acceptors (Lipinski definition) is 2. The number of rotatable bonds is 9. The van der Waals surface area contributed by atoms with Gasteiger partial charge in [0, 0.05) is 6.54 Å². The number of hydrogen-bond donors (Lipinski definition) is 0. The summed E-state index contributed by atoms with van der Waals surface area (Å²) in [5.41, 5.74) is 0.967. The Bertz CT molecular complexity index is 299. The van der Waals surface area contributed by atoms with E-state index in [1.807, 2.05) is 0 Å². The predicted molar refractivity (Wildman–Crippen MR) is 99.4 cm³/mol. The second-order valence-corrected chi connectivity index (χ2v) is 9.41. The fraction of sp³-hybridized carbons (Fsp3) is 1.00. The van der Waals surface area contributed by atoms with Gasteiger partial charge < -0.3 is 9.80 Å². The molecule has 0 amide bonds. The van der Waals surface area contributed by atoms with E-state index in [9.17, 15) is 0 Å². The summed E-state index contributed by atoms with van der Waals surface area (Å²) in [5, 5.41) is 0. The van der Waals surface area contributed by atoms with E-state index in [1.54, 1.807) is 0 Å². The molecule has 0 spiro atoms. The standard InChI is InChI=1S/C20H42N2/c1-8-21(9-2)15-12-20(6,7)16-18-10-13-22(17-18)14-11-19(3,4)5/h18H,8-17H2,1-7H3. The van der Waals surface area contributed by atoms with Crippen LogP contribution in [0, 0.1) is 16.7 Å². The molecular formula is C20H42N2. The van der Waals surface area contributed by atoms with Gasteiger partial charge in [-0.3, -0.25) is 0 Å². The van der Waals surface area contributed by atoms with E-state index >= 15 is 0 Å². The molecule has 1 heterocycles. The minimum atomic E-state index is 0.473. The highest BCUT2D eigenvalue weighted by Crippen LogP contribution is 2.34. The lowest BCUT2D eigenvalue weighted by Gasteiger charge is -2.31. The summed E-state index contributed by atoms with van der Waals surface area (Å²) in [6.07, 6.45) is 5.48. The van der Waals surface area contributed by atoms with Gasteiger partial charge in [-0.25, -0.2) is 0 Å². The van der Waals surface area contributed by atoms with Crippen LogP contribution in [0.2, 0.25) is 0 Å². The Morgan fingerprint density at radius 3 is 2.18 bits per heavy atom. The molecule has 132 valence electrons. The Balaban J connectivity index is 2.31. The Morgan fingerprint density at radius 1 is 1.00 bits per heavy atom. The van der Waals surface area contributed by atoms with E-state index in [0.29, 0.717) is 10.8 Å². The Labute approximate surface area is 140 Å². The smallest absolute Gasteiger partial charge is 0.00103 e. The van der Waals surface area contributed by atoms with Crippen LogP contribution in [0.15, 0.2) is 0 Å². The molecule has 0 bridgehead atoms. The minimum Gasteiger partial charge on any atom is -0.304 e. The lowest BCUT2D eigenvalue weighted by atomic mass is 9.79. The highest BCUT2D eigenvalue weighted by Gasteiger charge is 2.29. The van der Waals surface area contributed by atoms with E-state index in [1.165, 1.54) is 65.0 Å². The molecule has 1 atom stereocenters. The third kappa shape index (κ3) is 7.97. The molecule has 0 N–H and O–H groups in total. The van der Waals surface area contributed by atoms with Crippen molar-refractivity contribution < 1.29 is 0 Å². The topological polar surface area (TPSA) is 6.48 Å². The van der Waals surface area contributed by atoms with Gasteiger partial charge in [-0.15, -0.1) is 0 Å². The second-order valence-electron chi connectivity index (χ2n) is 9.41. The zero-order valence-corrected chi connectivity index (χ0v) is 16.5. The first-order valence-electron chi connectivity index (χ1n) is 9.60. The van der Waals surface area contributed by atoms with Crippen molar-refractivity contribution in [3.8, 4) is 0 Å². The van der Waals surface area contributed by atoms with Crippen molar-refractivity contribution in [3.63, 3.8) is 0 Å². The van der Waals surface area contributed by atoms with Crippen molar-refractivity contribution in [2.75, 3.05) is 39.3 Å². The number of likely N-dealkylation sites (tertiary alicyclic amines) is 1. The van der Waals surface area contributed by atoms with Gasteiger partial charge in [0.1, 0.15) is 0 Å². The SMILES string of the molecule is CCN(CC)CCC(C)(C)CC1CCN(CCC(C)(C)C)C1. The second kappa shape index (κ2) is 8.68. The highest BCUT2D eigenvalue weighted by atomic mass is 15.1. The van der Waals surface area contributed by atoms with E-state index in [4.69, 9.17) is 0 Å². The molecule has 1 fully saturated rings. The van der Waals surface area contributed by atoms with Crippen LogP contribution in [0.25, 0.3) is 0 Å². The molecule has 1 rings (SSSR count). The molecule has 0 aromatic heterocycles. The maximum atomic E-state index is 2.70. The highest BCUT2D eigenvalue weighted by molar-refractivity contribution is 4.82. The summed E-state index contributed by atoms with van der Waals surface area (Å²) in [6, 6.07) is 0. The molecule has 0 radical (unpaired) electrons. The predicted octanol–water partition coefficient (Wildman–Crippen LogP) is 4.89. The molecule has 2 heteroatoms. The zero-order valence-electron chi connectivity index (χ0n) is 16.5. The van der Waals surface area contributed by atoms with Crippen LogP contribution in [0.4, 0.5) is 0 Å². The molecule has 0 aliphatic carbocycles. The van der Waals surface area contributed by atoms with Crippen LogP contribution < -0.4 is 0 Å². The first-order chi connectivity index (χ1) is 10.1. The molecule has 1 aliphatic heterocycles. The molecule has 0 aromatic carbocycles. The molecule has 1 saturated heterocycles. The van der Waals surface area contributed by atoms with E-state index < -0.39 is 0 Å². The van der Waals surface area contributed by atoms with Gasteiger partial charge >= 0.3 is 0 Å². The van der Waals surface area contributed by atoms with Gasteiger partial charge in [-0.2, -0.15) is 0 Å². The maximum Gasteiger partial charge on any atom is 0.00103 e. The largest absolute Gasteiger partial charge is 0.304 e. The van der Waals surface area contributed by atoms with Crippen LogP contribution in [-0.4, -0.2) is 49.1 Å². The van der Waals surface area contributed by atoms with Crippen molar-refractivity contribution in [1.29, 1.82) is 0 Å². The van der Waals surface area contributed by atoms with Gasteiger partial charge in [-0.1, -0.05) is 48.5 Å². The Hall–Kier alpha value is -0.0800. The first kappa shape index (κ1) is 20.0. The molecule has 2 nitrogen and oxygen atoms in total. The summed E-state index contributed by atoms with van der Waals surface area (Å²) in [6.45, 7) is 24.2.